The quantitative estimate of drug-likeness (QED) is 0.634. The number of hydrazine groups is 1. The summed E-state index contributed by atoms with van der Waals surface area (Å²) in [5, 5.41) is 0. The number of hydrogen-bond acceptors (Lipinski definition) is 5. The van der Waals surface area contributed by atoms with Gasteiger partial charge < -0.3 is 10.2 Å². The van der Waals surface area contributed by atoms with Crippen LogP contribution in [0.4, 0.5) is 5.82 Å². The summed E-state index contributed by atoms with van der Waals surface area (Å²) in [6.07, 6.45) is 2.50. The molecule has 0 saturated heterocycles. The van der Waals surface area contributed by atoms with Gasteiger partial charge in [-0.1, -0.05) is 30.3 Å². The molecule has 1 aliphatic rings. The third-order valence-corrected chi connectivity index (χ3v) is 3.05. The number of rotatable bonds is 5. The summed E-state index contributed by atoms with van der Waals surface area (Å²) in [6, 6.07) is 11.5. The lowest BCUT2D eigenvalue weighted by Gasteiger charge is -2.08. The van der Waals surface area contributed by atoms with E-state index in [1.54, 1.807) is 6.07 Å². The summed E-state index contributed by atoms with van der Waals surface area (Å²) in [5.74, 6) is 7.85. The van der Waals surface area contributed by atoms with Gasteiger partial charge in [0, 0.05) is 11.6 Å². The second-order valence-electron chi connectivity index (χ2n) is 4.68. The van der Waals surface area contributed by atoms with Crippen LogP contribution in [0.2, 0.25) is 0 Å². The van der Waals surface area contributed by atoms with Crippen LogP contribution in [-0.2, 0) is 0 Å². The molecule has 1 aromatic heterocycles. The molecular weight excluding hydrogens is 240 g/mol. The molecule has 0 aliphatic heterocycles. The maximum absolute atomic E-state index is 5.69. The smallest absolute Gasteiger partial charge is 0.219 e. The topological polar surface area (TPSA) is 73.1 Å². The number of nitrogens with zero attached hydrogens (tertiary/aromatic N) is 2. The van der Waals surface area contributed by atoms with E-state index < -0.39 is 0 Å². The Kier molecular flexibility index (Phi) is 3.29. The fourth-order valence-corrected chi connectivity index (χ4v) is 1.78. The minimum atomic E-state index is 0.555. The molecule has 1 aromatic carbocycles. The number of nitrogen functional groups attached to an aromatic ring is 1. The van der Waals surface area contributed by atoms with E-state index in [0.29, 0.717) is 23.4 Å². The van der Waals surface area contributed by atoms with Gasteiger partial charge in [-0.15, -0.1) is 0 Å². The Balaban J connectivity index is 1.87. The molecule has 0 unspecified atom stereocenters. The lowest BCUT2D eigenvalue weighted by molar-refractivity contribution is 0.288. The summed E-state index contributed by atoms with van der Waals surface area (Å²) in [7, 11) is 0. The Labute approximate surface area is 111 Å². The average molecular weight is 256 g/mol. The molecule has 98 valence electrons. The van der Waals surface area contributed by atoms with Crippen LogP contribution in [0.15, 0.2) is 36.4 Å². The fraction of sp³-hybridized carbons (Fsp3) is 0.286. The van der Waals surface area contributed by atoms with Crippen molar-refractivity contribution in [1.82, 2.24) is 9.97 Å². The molecule has 3 rings (SSSR count). The molecule has 0 amide bonds. The highest BCUT2D eigenvalue weighted by Crippen LogP contribution is 2.30. The van der Waals surface area contributed by atoms with Crippen molar-refractivity contribution in [1.29, 1.82) is 0 Å². The van der Waals surface area contributed by atoms with Crippen molar-refractivity contribution < 1.29 is 4.74 Å². The Morgan fingerprint density at radius 2 is 2.00 bits per heavy atom. The van der Waals surface area contributed by atoms with Crippen LogP contribution in [0, 0.1) is 5.92 Å². The number of nitrogens with two attached hydrogens (primary N) is 1. The van der Waals surface area contributed by atoms with Gasteiger partial charge in [0.2, 0.25) is 5.88 Å². The van der Waals surface area contributed by atoms with E-state index in [4.69, 9.17) is 10.6 Å². The third-order valence-electron chi connectivity index (χ3n) is 3.05. The zero-order chi connectivity index (χ0) is 13.1. The van der Waals surface area contributed by atoms with Gasteiger partial charge in [-0.05, 0) is 18.8 Å². The summed E-state index contributed by atoms with van der Waals surface area (Å²) >= 11 is 0. The molecule has 0 spiro atoms. The summed E-state index contributed by atoms with van der Waals surface area (Å²) in [6.45, 7) is 0.718. The SMILES string of the molecule is NNc1cc(OCC2CC2)nc(-c2ccccc2)n1. The summed E-state index contributed by atoms with van der Waals surface area (Å²) < 4.78 is 5.69. The van der Waals surface area contributed by atoms with Gasteiger partial charge in [-0.25, -0.2) is 10.8 Å². The zero-order valence-electron chi connectivity index (χ0n) is 10.5. The van der Waals surface area contributed by atoms with Crippen molar-refractivity contribution in [3.8, 4) is 17.3 Å². The maximum Gasteiger partial charge on any atom is 0.219 e. The molecule has 1 saturated carbocycles. The first kappa shape index (κ1) is 11.9. The van der Waals surface area contributed by atoms with E-state index >= 15 is 0 Å². The summed E-state index contributed by atoms with van der Waals surface area (Å²) in [4.78, 5) is 8.76. The second kappa shape index (κ2) is 5.24. The number of nitrogens with one attached hydrogen (secondary N) is 1. The van der Waals surface area contributed by atoms with Crippen molar-refractivity contribution in [3.05, 3.63) is 36.4 Å². The number of ether oxygens (including phenoxy) is 1. The first-order valence-corrected chi connectivity index (χ1v) is 6.39. The number of benzene rings is 1. The van der Waals surface area contributed by atoms with Crippen molar-refractivity contribution in [2.45, 2.75) is 12.8 Å². The van der Waals surface area contributed by atoms with Crippen LogP contribution in [0.25, 0.3) is 11.4 Å². The van der Waals surface area contributed by atoms with Crippen molar-refractivity contribution in [2.24, 2.45) is 11.8 Å². The number of hydrogen-bond donors (Lipinski definition) is 2. The minimum absolute atomic E-state index is 0.555. The van der Waals surface area contributed by atoms with Crippen LogP contribution in [0.1, 0.15) is 12.8 Å². The molecule has 1 aliphatic carbocycles. The van der Waals surface area contributed by atoms with Crippen LogP contribution in [0.3, 0.4) is 0 Å². The van der Waals surface area contributed by atoms with E-state index in [0.717, 1.165) is 12.2 Å². The molecule has 19 heavy (non-hydrogen) atoms. The van der Waals surface area contributed by atoms with Gasteiger partial charge in [0.15, 0.2) is 5.82 Å². The van der Waals surface area contributed by atoms with Gasteiger partial charge in [0.25, 0.3) is 0 Å². The Hall–Kier alpha value is -2.14. The molecule has 2 aromatic rings. The Bertz CT molecular complexity index is 555. The van der Waals surface area contributed by atoms with Crippen LogP contribution >= 0.6 is 0 Å². The van der Waals surface area contributed by atoms with E-state index in [1.807, 2.05) is 30.3 Å². The zero-order valence-corrected chi connectivity index (χ0v) is 10.5. The molecule has 5 nitrogen and oxygen atoms in total. The Morgan fingerprint density at radius 1 is 1.21 bits per heavy atom. The minimum Gasteiger partial charge on any atom is -0.477 e. The van der Waals surface area contributed by atoms with Gasteiger partial charge in [-0.2, -0.15) is 4.98 Å². The molecule has 3 N–H and O–H groups in total. The number of aromatic nitrogens is 2. The predicted octanol–water partition coefficient (Wildman–Crippen LogP) is 2.22. The average Bonchev–Trinajstić information content (AvgIpc) is 3.30. The normalized spacial score (nSPS) is 14.2. The maximum atomic E-state index is 5.69. The van der Waals surface area contributed by atoms with Crippen molar-refractivity contribution >= 4 is 5.82 Å². The molecule has 1 fully saturated rings. The highest BCUT2D eigenvalue weighted by atomic mass is 16.5. The van der Waals surface area contributed by atoms with Crippen LogP contribution in [0.5, 0.6) is 5.88 Å². The van der Waals surface area contributed by atoms with Gasteiger partial charge in [-0.3, -0.25) is 0 Å². The van der Waals surface area contributed by atoms with Crippen molar-refractivity contribution in [2.75, 3.05) is 12.0 Å². The van der Waals surface area contributed by atoms with E-state index in [2.05, 4.69) is 15.4 Å². The van der Waals surface area contributed by atoms with Crippen molar-refractivity contribution in [3.63, 3.8) is 0 Å². The first-order valence-electron chi connectivity index (χ1n) is 6.39. The lowest BCUT2D eigenvalue weighted by Crippen LogP contribution is -2.11. The first-order chi connectivity index (χ1) is 9.35. The largest absolute Gasteiger partial charge is 0.477 e. The van der Waals surface area contributed by atoms with E-state index in [9.17, 15) is 0 Å². The molecule has 5 heteroatoms. The van der Waals surface area contributed by atoms with Crippen LogP contribution in [-0.4, -0.2) is 16.6 Å². The van der Waals surface area contributed by atoms with E-state index in [1.165, 1.54) is 12.8 Å². The highest BCUT2D eigenvalue weighted by Gasteiger charge is 2.22. The van der Waals surface area contributed by atoms with Gasteiger partial charge in [0.05, 0.1) is 6.61 Å². The number of anilines is 1. The highest BCUT2D eigenvalue weighted by molar-refractivity contribution is 5.57. The fourth-order valence-electron chi connectivity index (χ4n) is 1.78. The monoisotopic (exact) mass is 256 g/mol. The predicted molar refractivity (Wildman–Crippen MR) is 73.5 cm³/mol. The standard InChI is InChI=1S/C14H16N4O/c15-18-12-8-13(19-9-10-6-7-10)17-14(16-12)11-4-2-1-3-5-11/h1-5,8,10H,6-7,9,15H2,(H,16,17,18). The second-order valence-corrected chi connectivity index (χ2v) is 4.68. The molecular formula is C14H16N4O. The Morgan fingerprint density at radius 3 is 2.68 bits per heavy atom. The molecule has 0 bridgehead atoms. The summed E-state index contributed by atoms with van der Waals surface area (Å²) in [5.41, 5.74) is 3.49. The molecule has 1 heterocycles. The van der Waals surface area contributed by atoms with Crippen LogP contribution < -0.4 is 16.0 Å². The third kappa shape index (κ3) is 3.00. The molecule has 0 radical (unpaired) electrons. The van der Waals surface area contributed by atoms with Gasteiger partial charge in [0.1, 0.15) is 5.82 Å². The lowest BCUT2D eigenvalue weighted by atomic mass is 10.2. The molecule has 0 atom stereocenters. The van der Waals surface area contributed by atoms with Gasteiger partial charge >= 0.3 is 0 Å². The van der Waals surface area contributed by atoms with E-state index in [-0.39, 0.29) is 0 Å².